The second kappa shape index (κ2) is 10.6. The molecule has 3 rings (SSSR count). The van der Waals surface area contributed by atoms with Gasteiger partial charge < -0.3 is 20.3 Å². The van der Waals surface area contributed by atoms with Crippen molar-refractivity contribution < 1.29 is 32.9 Å². The summed E-state index contributed by atoms with van der Waals surface area (Å²) in [6.45, 7) is 2.03. The summed E-state index contributed by atoms with van der Waals surface area (Å²) in [7, 11) is 0. The molecule has 2 aromatic carbocycles. The van der Waals surface area contributed by atoms with Crippen LogP contribution < -0.4 is 20.1 Å². The maximum absolute atomic E-state index is 12.2. The van der Waals surface area contributed by atoms with Crippen LogP contribution in [0.3, 0.4) is 0 Å². The number of carbonyl (C=O) groups is 2. The van der Waals surface area contributed by atoms with Crippen LogP contribution in [0.2, 0.25) is 0 Å². The third-order valence-electron chi connectivity index (χ3n) is 5.52. The molecule has 0 bridgehead atoms. The van der Waals surface area contributed by atoms with Gasteiger partial charge in [-0.25, -0.2) is 9.00 Å². The summed E-state index contributed by atoms with van der Waals surface area (Å²) in [6, 6.07) is 13.3. The van der Waals surface area contributed by atoms with Gasteiger partial charge in [-0.15, -0.1) is 0 Å². The minimum absolute atomic E-state index is 0.00301. The number of nitrogens with one attached hydrogen (secondary N) is 2. The summed E-state index contributed by atoms with van der Waals surface area (Å²) in [4.78, 5) is 25.4. The van der Waals surface area contributed by atoms with Crippen LogP contribution in [-0.2, 0) is 27.2 Å². The van der Waals surface area contributed by atoms with Crippen LogP contribution in [0.1, 0.15) is 24.5 Å². The van der Waals surface area contributed by atoms with Gasteiger partial charge in [0.2, 0.25) is 11.3 Å². The number of carboxylic acid groups (broad SMARTS) is 1. The van der Waals surface area contributed by atoms with E-state index in [1.165, 1.54) is 4.90 Å². The molecule has 0 spiro atoms. The number of aliphatic carboxylic acids is 1. The quantitative estimate of drug-likeness (QED) is 0.180. The summed E-state index contributed by atoms with van der Waals surface area (Å²) in [6.07, 6.45) is -0.891. The fourth-order valence-electron chi connectivity index (χ4n) is 3.55. The van der Waals surface area contributed by atoms with Gasteiger partial charge in [-0.1, -0.05) is 19.1 Å². The van der Waals surface area contributed by atoms with Crippen LogP contribution in [0, 0.1) is 5.41 Å². The topological polar surface area (TPSA) is 175 Å². The van der Waals surface area contributed by atoms with Gasteiger partial charge in [0.25, 0.3) is 0 Å². The number of cyclic esters (lactones) is 1. The highest BCUT2D eigenvalue weighted by molar-refractivity contribution is 7.77. The first-order valence-electron chi connectivity index (χ1n) is 10.4. The molecule has 3 unspecified atom stereocenters. The van der Waals surface area contributed by atoms with Gasteiger partial charge >= 0.3 is 12.1 Å². The van der Waals surface area contributed by atoms with Crippen molar-refractivity contribution in [2.75, 3.05) is 18.1 Å². The lowest BCUT2D eigenvalue weighted by Gasteiger charge is -2.27. The number of carboxylic acids is 1. The largest absolute Gasteiger partial charge is 0.490 e. The lowest BCUT2D eigenvalue weighted by Crippen LogP contribution is -2.53. The zero-order valence-corrected chi connectivity index (χ0v) is 19.2. The number of nitrogens with zero attached hydrogens (tertiary/aromatic N) is 1. The molecule has 34 heavy (non-hydrogen) atoms. The van der Waals surface area contributed by atoms with Crippen molar-refractivity contribution in [3.8, 4) is 5.75 Å². The number of rotatable bonds is 11. The zero-order valence-electron chi connectivity index (χ0n) is 18.4. The first-order valence-corrected chi connectivity index (χ1v) is 11.5. The van der Waals surface area contributed by atoms with Crippen LogP contribution in [-0.4, -0.2) is 56.6 Å². The van der Waals surface area contributed by atoms with Gasteiger partial charge in [0.05, 0.1) is 6.54 Å². The first-order chi connectivity index (χ1) is 16.1. The molecule has 6 N–H and O–H groups in total. The average Bonchev–Trinajstić information content (AvgIpc) is 3.18. The van der Waals surface area contributed by atoms with E-state index in [0.717, 1.165) is 0 Å². The Morgan fingerprint density at radius 3 is 2.47 bits per heavy atom. The standard InChI is InChI=1S/C22H26N4O7S/c1-2-22(20(27)28,25-34(30)31)11-14-3-9-17(10-4-14)32-13-18-12-26(21(29)33-18)16-7-5-15(6-8-16)19(23)24/h3-10,18,25H,2,11-13H2,1H3,(H3,23,24)(H,27,28)(H,30,31). The molecule has 11 nitrogen and oxygen atoms in total. The van der Waals surface area contributed by atoms with Gasteiger partial charge in [0.1, 0.15) is 23.7 Å². The van der Waals surface area contributed by atoms with Gasteiger partial charge in [-0.05, 0) is 48.4 Å². The molecule has 2 aromatic rings. The Labute approximate surface area is 198 Å². The molecule has 182 valence electrons. The number of amides is 1. The average molecular weight is 491 g/mol. The monoisotopic (exact) mass is 490 g/mol. The molecular formula is C22H26N4O7S. The van der Waals surface area contributed by atoms with Crippen LogP contribution in [0.15, 0.2) is 48.5 Å². The molecule has 1 amide bonds. The van der Waals surface area contributed by atoms with Crippen LogP contribution in [0.4, 0.5) is 10.5 Å². The number of hydrogen-bond donors (Lipinski definition) is 5. The van der Waals surface area contributed by atoms with Crippen LogP contribution in [0.25, 0.3) is 0 Å². The van der Waals surface area contributed by atoms with E-state index in [1.807, 2.05) is 0 Å². The third-order valence-corrected chi connectivity index (χ3v) is 6.09. The normalized spacial score (nSPS) is 18.1. The Balaban J connectivity index is 1.58. The fourth-order valence-corrected chi connectivity index (χ4v) is 4.19. The van der Waals surface area contributed by atoms with Gasteiger partial charge in [0, 0.05) is 17.7 Å². The lowest BCUT2D eigenvalue weighted by molar-refractivity contribution is -0.144. The Kier molecular flexibility index (Phi) is 7.87. The van der Waals surface area contributed by atoms with Crippen LogP contribution in [0.5, 0.6) is 5.75 Å². The van der Waals surface area contributed by atoms with E-state index in [4.69, 9.17) is 25.2 Å². The van der Waals surface area contributed by atoms with E-state index in [-0.39, 0.29) is 31.8 Å². The molecule has 1 saturated heterocycles. The Bertz CT molecular complexity index is 1080. The van der Waals surface area contributed by atoms with Gasteiger partial charge in [0.15, 0.2) is 6.10 Å². The predicted octanol–water partition coefficient (Wildman–Crippen LogP) is 1.88. The van der Waals surface area contributed by atoms with Crippen molar-refractivity contribution in [3.63, 3.8) is 0 Å². The Morgan fingerprint density at radius 2 is 1.94 bits per heavy atom. The van der Waals surface area contributed by atoms with E-state index in [9.17, 15) is 18.9 Å². The van der Waals surface area contributed by atoms with Gasteiger partial charge in [-0.2, -0.15) is 4.72 Å². The van der Waals surface area contributed by atoms with Gasteiger partial charge in [-0.3, -0.25) is 19.7 Å². The highest BCUT2D eigenvalue weighted by Crippen LogP contribution is 2.24. The zero-order chi connectivity index (χ0) is 24.9. The highest BCUT2D eigenvalue weighted by Gasteiger charge is 2.38. The molecule has 1 aliphatic heterocycles. The summed E-state index contributed by atoms with van der Waals surface area (Å²) in [5, 5.41) is 17.0. The van der Waals surface area contributed by atoms with E-state index in [1.54, 1.807) is 55.5 Å². The van der Waals surface area contributed by atoms with Crippen molar-refractivity contribution in [2.24, 2.45) is 5.73 Å². The molecule has 0 radical (unpaired) electrons. The summed E-state index contributed by atoms with van der Waals surface area (Å²) < 4.78 is 33.6. The number of nitrogens with two attached hydrogens (primary N) is 1. The van der Waals surface area contributed by atoms with Crippen molar-refractivity contribution in [3.05, 3.63) is 59.7 Å². The molecule has 1 heterocycles. The van der Waals surface area contributed by atoms with E-state index < -0.39 is 35.0 Å². The second-order valence-corrected chi connectivity index (χ2v) is 8.50. The van der Waals surface area contributed by atoms with Crippen molar-refractivity contribution >= 4 is 34.9 Å². The van der Waals surface area contributed by atoms with Crippen molar-refractivity contribution in [1.82, 2.24) is 4.72 Å². The van der Waals surface area contributed by atoms with E-state index in [2.05, 4.69) is 4.72 Å². The number of carbonyl (C=O) groups excluding carboxylic acids is 1. The summed E-state index contributed by atoms with van der Waals surface area (Å²) >= 11 is -2.48. The van der Waals surface area contributed by atoms with Crippen LogP contribution >= 0.6 is 0 Å². The number of nitrogen functional groups attached to an aromatic ring is 1. The minimum atomic E-state index is -2.48. The number of ether oxygens (including phenoxy) is 2. The van der Waals surface area contributed by atoms with E-state index >= 15 is 0 Å². The fraction of sp³-hybridized carbons (Fsp3) is 0.318. The molecule has 0 aliphatic carbocycles. The second-order valence-electron chi connectivity index (χ2n) is 7.80. The molecule has 0 saturated carbocycles. The molecule has 0 aromatic heterocycles. The molecule has 1 fully saturated rings. The first kappa shape index (κ1) is 25.1. The number of amidine groups is 1. The Hall–Kier alpha value is -3.48. The summed E-state index contributed by atoms with van der Waals surface area (Å²) in [5.41, 5.74) is 5.69. The molecule has 12 heteroatoms. The maximum atomic E-state index is 12.2. The number of benzene rings is 2. The SMILES string of the molecule is CCC(Cc1ccc(OCC2CN(c3ccc(C(=N)N)cc3)C(=O)O2)cc1)(NS(=O)O)C(=O)O. The Morgan fingerprint density at radius 1 is 1.29 bits per heavy atom. The minimum Gasteiger partial charge on any atom is -0.490 e. The molecular weight excluding hydrogens is 464 g/mol. The summed E-state index contributed by atoms with van der Waals surface area (Å²) in [5.74, 6) is -0.780. The van der Waals surface area contributed by atoms with Crippen molar-refractivity contribution in [1.29, 1.82) is 5.41 Å². The molecule has 3 atom stereocenters. The lowest BCUT2D eigenvalue weighted by atomic mass is 9.89. The highest BCUT2D eigenvalue weighted by atomic mass is 32.2. The number of hydrogen-bond acceptors (Lipinski definition) is 6. The third kappa shape index (κ3) is 5.90. The number of anilines is 1. The van der Waals surface area contributed by atoms with Crippen molar-refractivity contribution in [2.45, 2.75) is 31.4 Å². The predicted molar refractivity (Wildman–Crippen MR) is 125 cm³/mol. The smallest absolute Gasteiger partial charge is 0.414 e. The van der Waals surface area contributed by atoms with E-state index in [0.29, 0.717) is 22.6 Å². The maximum Gasteiger partial charge on any atom is 0.414 e. The molecule has 1 aliphatic rings.